The highest BCUT2D eigenvalue weighted by atomic mass is 19.1. The van der Waals surface area contributed by atoms with Gasteiger partial charge in [0.15, 0.2) is 22.9 Å². The number of aromatic nitrogens is 3. The maximum absolute atomic E-state index is 14.1. The number of anilines is 1. The van der Waals surface area contributed by atoms with Crippen molar-refractivity contribution in [3.05, 3.63) is 77.9 Å². The van der Waals surface area contributed by atoms with Gasteiger partial charge in [0.05, 0.1) is 25.5 Å². The lowest BCUT2D eigenvalue weighted by Gasteiger charge is -2.07. The zero-order valence-corrected chi connectivity index (χ0v) is 16.6. The van der Waals surface area contributed by atoms with Crippen LogP contribution in [0, 0.1) is 5.82 Å². The normalized spacial score (nSPS) is 10.7. The molecule has 2 aromatic heterocycles. The van der Waals surface area contributed by atoms with Crippen LogP contribution in [-0.2, 0) is 4.74 Å². The summed E-state index contributed by atoms with van der Waals surface area (Å²) in [6.45, 7) is 0. The highest BCUT2D eigenvalue weighted by Gasteiger charge is 2.16. The monoisotopic (exact) mass is 420 g/mol. The van der Waals surface area contributed by atoms with Crippen molar-refractivity contribution in [2.24, 2.45) is 0 Å². The second-order valence-electron chi connectivity index (χ2n) is 6.50. The van der Waals surface area contributed by atoms with Gasteiger partial charge in [-0.1, -0.05) is 0 Å². The lowest BCUT2D eigenvalue weighted by Crippen LogP contribution is -2.13. The van der Waals surface area contributed by atoms with Gasteiger partial charge in [0.1, 0.15) is 0 Å². The highest BCUT2D eigenvalue weighted by molar-refractivity contribution is 6.03. The Morgan fingerprint density at radius 1 is 1.03 bits per heavy atom. The molecule has 8 nitrogen and oxygen atoms in total. The molecule has 0 saturated heterocycles. The van der Waals surface area contributed by atoms with Crippen molar-refractivity contribution in [3.63, 3.8) is 0 Å². The number of halogens is 1. The summed E-state index contributed by atoms with van der Waals surface area (Å²) in [6, 6.07) is 14.0. The Morgan fingerprint density at radius 2 is 1.81 bits per heavy atom. The Kier molecular flexibility index (Phi) is 5.31. The van der Waals surface area contributed by atoms with Crippen molar-refractivity contribution in [2.45, 2.75) is 0 Å². The fourth-order valence-electron chi connectivity index (χ4n) is 3.05. The summed E-state index contributed by atoms with van der Waals surface area (Å²) >= 11 is 0. The second kappa shape index (κ2) is 8.23. The van der Waals surface area contributed by atoms with Crippen LogP contribution in [0.5, 0.6) is 5.75 Å². The fraction of sp³-hybridized carbons (Fsp3) is 0.0909. The first-order valence-corrected chi connectivity index (χ1v) is 9.18. The van der Waals surface area contributed by atoms with Gasteiger partial charge in [-0.25, -0.2) is 18.7 Å². The van der Waals surface area contributed by atoms with Gasteiger partial charge < -0.3 is 14.8 Å². The first-order chi connectivity index (χ1) is 15.0. The van der Waals surface area contributed by atoms with E-state index in [1.807, 2.05) is 0 Å². The van der Waals surface area contributed by atoms with E-state index in [0.29, 0.717) is 28.2 Å². The molecule has 4 rings (SSSR count). The van der Waals surface area contributed by atoms with Gasteiger partial charge in [0.2, 0.25) is 0 Å². The van der Waals surface area contributed by atoms with E-state index in [-0.39, 0.29) is 11.4 Å². The van der Waals surface area contributed by atoms with Crippen molar-refractivity contribution >= 4 is 23.2 Å². The van der Waals surface area contributed by atoms with Gasteiger partial charge in [-0.05, 0) is 48.5 Å². The van der Waals surface area contributed by atoms with Crippen LogP contribution in [0.15, 0.2) is 60.8 Å². The number of nitrogens with zero attached hydrogens (tertiary/aromatic N) is 3. The van der Waals surface area contributed by atoms with Gasteiger partial charge in [-0.3, -0.25) is 4.79 Å². The molecule has 0 aliphatic carbocycles. The Labute approximate surface area is 176 Å². The summed E-state index contributed by atoms with van der Waals surface area (Å²) in [5.41, 5.74) is 2.53. The Morgan fingerprint density at radius 3 is 2.48 bits per heavy atom. The molecule has 4 aromatic rings. The van der Waals surface area contributed by atoms with E-state index in [0.717, 1.165) is 0 Å². The molecule has 0 atom stereocenters. The summed E-state index contributed by atoms with van der Waals surface area (Å²) in [7, 11) is 2.69. The van der Waals surface area contributed by atoms with E-state index in [1.54, 1.807) is 42.6 Å². The summed E-state index contributed by atoms with van der Waals surface area (Å²) in [4.78, 5) is 28.4. The molecular weight excluding hydrogens is 403 g/mol. The number of carbonyl (C=O) groups excluding carboxylic acids is 2. The van der Waals surface area contributed by atoms with Gasteiger partial charge >= 0.3 is 5.97 Å². The van der Waals surface area contributed by atoms with Crippen molar-refractivity contribution in [1.29, 1.82) is 0 Å². The van der Waals surface area contributed by atoms with Crippen molar-refractivity contribution in [1.82, 2.24) is 14.6 Å². The highest BCUT2D eigenvalue weighted by Crippen LogP contribution is 2.26. The molecule has 0 spiro atoms. The largest absolute Gasteiger partial charge is 0.494 e. The van der Waals surface area contributed by atoms with Crippen LogP contribution < -0.4 is 10.1 Å². The quantitative estimate of drug-likeness (QED) is 0.496. The van der Waals surface area contributed by atoms with Crippen LogP contribution in [0.4, 0.5) is 10.1 Å². The predicted molar refractivity (Wildman–Crippen MR) is 111 cm³/mol. The number of benzene rings is 2. The van der Waals surface area contributed by atoms with Gasteiger partial charge in [0, 0.05) is 23.5 Å². The summed E-state index contributed by atoms with van der Waals surface area (Å²) < 4.78 is 25.2. The summed E-state index contributed by atoms with van der Waals surface area (Å²) in [6.07, 6.45) is 1.56. The molecule has 2 aromatic carbocycles. The molecule has 0 aliphatic heterocycles. The Balaban J connectivity index is 1.62. The molecule has 31 heavy (non-hydrogen) atoms. The van der Waals surface area contributed by atoms with Crippen molar-refractivity contribution < 1.29 is 23.5 Å². The third kappa shape index (κ3) is 3.93. The topological polar surface area (TPSA) is 94.8 Å². The third-order valence-electron chi connectivity index (χ3n) is 4.60. The number of methoxy groups -OCH3 is 2. The van der Waals surface area contributed by atoms with Gasteiger partial charge in [0.25, 0.3) is 5.91 Å². The molecule has 0 saturated carbocycles. The molecule has 156 valence electrons. The minimum Gasteiger partial charge on any atom is -0.494 e. The lowest BCUT2D eigenvalue weighted by atomic mass is 10.1. The predicted octanol–water partition coefficient (Wildman–Crippen LogP) is 3.58. The Hall–Kier alpha value is -4.27. The molecule has 0 radical (unpaired) electrons. The van der Waals surface area contributed by atoms with E-state index in [1.165, 1.54) is 36.9 Å². The second-order valence-corrected chi connectivity index (χ2v) is 6.50. The number of esters is 1. The van der Waals surface area contributed by atoms with Crippen molar-refractivity contribution in [3.8, 4) is 17.0 Å². The lowest BCUT2D eigenvalue weighted by molar-refractivity contribution is 0.0600. The van der Waals surface area contributed by atoms with Crippen LogP contribution in [0.2, 0.25) is 0 Å². The van der Waals surface area contributed by atoms with Crippen molar-refractivity contribution in [2.75, 3.05) is 19.5 Å². The molecule has 9 heteroatoms. The smallest absolute Gasteiger partial charge is 0.337 e. The minimum atomic E-state index is -0.509. The maximum atomic E-state index is 14.1. The van der Waals surface area contributed by atoms with Crippen LogP contribution in [0.1, 0.15) is 20.8 Å². The molecule has 0 bridgehead atoms. The average molecular weight is 420 g/mol. The first kappa shape index (κ1) is 20.0. The summed E-state index contributed by atoms with van der Waals surface area (Å²) in [5.74, 6) is -1.30. The van der Waals surface area contributed by atoms with Crippen LogP contribution in [-0.4, -0.2) is 40.7 Å². The molecular formula is C22H17FN4O4. The number of hydrogen-bond donors (Lipinski definition) is 1. The van der Waals surface area contributed by atoms with E-state index in [2.05, 4.69) is 20.1 Å². The number of ether oxygens (including phenoxy) is 2. The number of rotatable bonds is 5. The summed E-state index contributed by atoms with van der Waals surface area (Å²) in [5, 5.41) is 7.05. The van der Waals surface area contributed by atoms with Gasteiger partial charge in [-0.2, -0.15) is 5.10 Å². The molecule has 2 heterocycles. The Bertz CT molecular complexity index is 1280. The van der Waals surface area contributed by atoms with Crippen LogP contribution in [0.3, 0.4) is 0 Å². The standard InChI is InChI=1S/C22H17FN4O4/c1-30-19-8-5-14(11-16(19)23)18-9-10-24-20-12-17(26-27(18)20)21(28)25-15-6-3-13(4-7-15)22(29)31-2/h3-12H,1-2H3,(H,25,28). The fourth-order valence-corrected chi connectivity index (χ4v) is 3.05. The zero-order valence-electron chi connectivity index (χ0n) is 16.6. The first-order valence-electron chi connectivity index (χ1n) is 9.18. The molecule has 0 unspecified atom stereocenters. The number of fused-ring (bicyclic) bond motifs is 1. The number of hydrogen-bond acceptors (Lipinski definition) is 6. The molecule has 1 amide bonds. The molecule has 0 aliphatic rings. The number of nitrogens with one attached hydrogen (secondary N) is 1. The van der Waals surface area contributed by atoms with E-state index in [4.69, 9.17) is 4.74 Å². The zero-order chi connectivity index (χ0) is 22.0. The van der Waals surface area contributed by atoms with Crippen LogP contribution >= 0.6 is 0 Å². The third-order valence-corrected chi connectivity index (χ3v) is 4.60. The van der Waals surface area contributed by atoms with E-state index in [9.17, 15) is 14.0 Å². The molecule has 0 fully saturated rings. The number of carbonyl (C=O) groups is 2. The minimum absolute atomic E-state index is 0.131. The van der Waals surface area contributed by atoms with Crippen LogP contribution in [0.25, 0.3) is 16.9 Å². The van der Waals surface area contributed by atoms with E-state index >= 15 is 0 Å². The van der Waals surface area contributed by atoms with Gasteiger partial charge in [-0.15, -0.1) is 0 Å². The van der Waals surface area contributed by atoms with E-state index < -0.39 is 17.7 Å². The maximum Gasteiger partial charge on any atom is 0.337 e. The number of amides is 1. The average Bonchev–Trinajstić information content (AvgIpc) is 3.23. The SMILES string of the molecule is COC(=O)c1ccc(NC(=O)c2cc3nccc(-c4ccc(OC)c(F)c4)n3n2)cc1. The molecule has 1 N–H and O–H groups in total.